The van der Waals surface area contributed by atoms with Gasteiger partial charge in [0, 0.05) is 136 Å². The van der Waals surface area contributed by atoms with Crippen molar-refractivity contribution in [2.75, 3.05) is 13.1 Å². The van der Waals surface area contributed by atoms with E-state index in [2.05, 4.69) is 67.0 Å². The molecule has 7 heterocycles. The number of aromatic nitrogens is 6. The van der Waals surface area contributed by atoms with Gasteiger partial charge in [-0.3, -0.25) is 34.1 Å². The SMILES string of the molecule is C=Cc1c(C)c2cc3nc(c(C)c4nc(cc5[nH]c(cc1[nH]2)c(C)c5CC)C(C)=C4C(=O)O)[C@@H](CCC(=O)C[C@@H](CCCN=C(N)N)C(=O)N[C@@H](CCCN=C(N)N)C(=O)C[C@@H](Cc1c[nH]c2ccccc12)C(=O)N[C@@H](Cc1c[nH]c2ccccc12)C(=O)O)[C@@H]3C. The Morgan fingerprint density at radius 1 is 0.692 bits per heavy atom. The standard InChI is InChI=1S/C69H82N14O8/c1-8-45-35(3)53-30-55-37(5)47(62(80-55)39(7)63-61(67(90)91)38(6)56(81-63)32-58-46(9-2)36(4)54(79-58)31-57(45)78-53)23-22-44(84)27-40(16-14-24-74-68(70)71)64(86)82-52(21-15-25-75-69(72)73)60(85)29-41(26-42-33-76-50-19-12-10-17-48(42)50)65(87)83-59(66(88)89)28-43-34-77-51-20-13-11-18-49(43)51/h8,10-13,17-20,30-34,37,40-41,47,52,59,76-79H,1,9,14-16,21-29H2,2-7H3,(H,82,86)(H,83,87)(H,88,89)(H,90,91)(H4,70,71,74)(H4,72,73,75)/t37-,40+,41+,47-,52-,59-/m0/s1. The highest BCUT2D eigenvalue weighted by atomic mass is 16.4. The molecule has 22 nitrogen and oxygen atoms in total. The topological polar surface area (TPSA) is 385 Å². The first-order valence-corrected chi connectivity index (χ1v) is 30.9. The van der Waals surface area contributed by atoms with E-state index in [1.165, 1.54) is 0 Å². The molecule has 0 saturated heterocycles. The number of para-hydroxylation sites is 2. The number of carbonyl (C=O) groups is 6. The number of nitrogens with two attached hydrogens (primary N) is 4. The van der Waals surface area contributed by atoms with Crippen LogP contribution < -0.4 is 33.6 Å². The third kappa shape index (κ3) is 14.8. The van der Waals surface area contributed by atoms with Gasteiger partial charge in [-0.05, 0) is 142 Å². The van der Waals surface area contributed by atoms with Gasteiger partial charge in [0.15, 0.2) is 17.7 Å². The summed E-state index contributed by atoms with van der Waals surface area (Å²) >= 11 is 0. The minimum atomic E-state index is -1.36. The summed E-state index contributed by atoms with van der Waals surface area (Å²) in [7, 11) is 0. The van der Waals surface area contributed by atoms with E-state index in [1.807, 2.05) is 87.5 Å². The Morgan fingerprint density at radius 3 is 1.90 bits per heavy atom. The van der Waals surface area contributed by atoms with Crippen LogP contribution in [0.1, 0.15) is 146 Å². The number of guanidine groups is 2. The third-order valence-electron chi connectivity index (χ3n) is 18.0. The molecular formula is C69H82N14O8. The van der Waals surface area contributed by atoms with Crippen LogP contribution in [0.4, 0.5) is 0 Å². The zero-order valence-corrected chi connectivity index (χ0v) is 52.4. The van der Waals surface area contributed by atoms with Crippen LogP contribution in [0.2, 0.25) is 0 Å². The molecule has 2 aliphatic rings. The van der Waals surface area contributed by atoms with E-state index in [0.717, 1.165) is 71.7 Å². The molecule has 0 saturated carbocycles. The highest BCUT2D eigenvalue weighted by Gasteiger charge is 2.36. The second-order valence-electron chi connectivity index (χ2n) is 24.0. The highest BCUT2D eigenvalue weighted by Crippen LogP contribution is 2.44. The number of benzene rings is 2. The molecule has 0 fully saturated rings. The Hall–Kier alpha value is -10.1. The molecule has 6 atom stereocenters. The fourth-order valence-corrected chi connectivity index (χ4v) is 12.9. The molecule has 0 radical (unpaired) electrons. The van der Waals surface area contributed by atoms with Crippen molar-refractivity contribution in [2.45, 2.75) is 136 Å². The van der Waals surface area contributed by atoms with Gasteiger partial charge in [-0.1, -0.05) is 62.9 Å². The molecule has 9 rings (SSSR count). The Balaban J connectivity index is 1.01. The van der Waals surface area contributed by atoms with Crippen LogP contribution >= 0.6 is 0 Å². The molecular weight excluding hydrogens is 1150 g/mol. The number of aliphatic carboxylic acids is 2. The number of rotatable bonds is 28. The molecule has 22 heteroatoms. The van der Waals surface area contributed by atoms with E-state index in [9.17, 15) is 39.0 Å². The fourth-order valence-electron chi connectivity index (χ4n) is 12.9. The summed E-state index contributed by atoms with van der Waals surface area (Å²) in [6.45, 7) is 16.2. The monoisotopic (exact) mass is 1230 g/mol. The van der Waals surface area contributed by atoms with Gasteiger partial charge in [-0.25, -0.2) is 14.6 Å². The number of H-pyrrole nitrogens is 4. The molecule has 16 N–H and O–H groups in total. The van der Waals surface area contributed by atoms with Gasteiger partial charge < -0.3 is 63.7 Å². The fraction of sp³-hybridized carbons (Fsp3) is 0.362. The van der Waals surface area contributed by atoms with Crippen molar-refractivity contribution in [2.24, 2.45) is 44.8 Å². The van der Waals surface area contributed by atoms with Gasteiger partial charge in [0.1, 0.15) is 11.8 Å². The summed E-state index contributed by atoms with van der Waals surface area (Å²) in [6, 6.07) is 18.3. The van der Waals surface area contributed by atoms with E-state index in [-0.39, 0.29) is 99.3 Å². The Bertz CT molecular complexity index is 4250. The van der Waals surface area contributed by atoms with Crippen molar-refractivity contribution < 1.29 is 39.0 Å². The highest BCUT2D eigenvalue weighted by molar-refractivity contribution is 6.24. The van der Waals surface area contributed by atoms with Gasteiger partial charge in [0.2, 0.25) is 11.8 Å². The number of allylic oxidation sites excluding steroid dienone is 1. The molecule has 8 bridgehead atoms. The predicted molar refractivity (Wildman–Crippen MR) is 357 cm³/mol. The van der Waals surface area contributed by atoms with E-state index in [1.54, 1.807) is 19.3 Å². The lowest BCUT2D eigenvalue weighted by Crippen LogP contribution is -2.48. The summed E-state index contributed by atoms with van der Waals surface area (Å²) < 4.78 is 0. The number of aryl methyl sites for hydroxylation is 3. The number of Topliss-reactive ketones (excluding diaryl/α,β-unsaturated/α-hetero) is 2. The summed E-state index contributed by atoms with van der Waals surface area (Å²) in [5.74, 6) is -7.47. The van der Waals surface area contributed by atoms with Crippen LogP contribution in [0.3, 0.4) is 0 Å². The van der Waals surface area contributed by atoms with Gasteiger partial charge in [0.25, 0.3) is 0 Å². The summed E-state index contributed by atoms with van der Waals surface area (Å²) in [4.78, 5) is 117. The first-order chi connectivity index (χ1) is 43.5. The molecule has 2 aromatic carbocycles. The van der Waals surface area contributed by atoms with Crippen LogP contribution in [0.25, 0.3) is 61.1 Å². The summed E-state index contributed by atoms with van der Waals surface area (Å²) in [5, 5.41) is 28.6. The summed E-state index contributed by atoms with van der Waals surface area (Å²) in [5.41, 5.74) is 36.3. The molecule has 2 amide bonds. The predicted octanol–water partition coefficient (Wildman–Crippen LogP) is 8.89. The first-order valence-electron chi connectivity index (χ1n) is 30.9. The van der Waals surface area contributed by atoms with Gasteiger partial charge in [-0.2, -0.15) is 0 Å². The van der Waals surface area contributed by atoms with E-state index in [0.29, 0.717) is 46.6 Å². The Morgan fingerprint density at radius 2 is 1.29 bits per heavy atom. The molecule has 2 aliphatic heterocycles. The van der Waals surface area contributed by atoms with Crippen LogP contribution in [0.5, 0.6) is 0 Å². The maximum Gasteiger partial charge on any atom is 0.338 e. The lowest BCUT2D eigenvalue weighted by molar-refractivity contribution is -0.142. The Labute approximate surface area is 527 Å². The smallest absolute Gasteiger partial charge is 0.338 e. The number of nitrogens with one attached hydrogen (secondary N) is 6. The van der Waals surface area contributed by atoms with Crippen molar-refractivity contribution in [3.63, 3.8) is 0 Å². The van der Waals surface area contributed by atoms with E-state index in [4.69, 9.17) is 32.9 Å². The molecule has 0 aliphatic carbocycles. The quantitative estimate of drug-likeness (QED) is 0.0124. The van der Waals surface area contributed by atoms with Crippen molar-refractivity contribution in [3.05, 3.63) is 147 Å². The number of fused-ring (bicyclic) bond motifs is 10. The van der Waals surface area contributed by atoms with Gasteiger partial charge in [-0.15, -0.1) is 0 Å². The van der Waals surface area contributed by atoms with Crippen molar-refractivity contribution in [1.82, 2.24) is 40.5 Å². The number of nitrogens with zero attached hydrogens (tertiary/aromatic N) is 4. The molecule has 7 aromatic rings. The first kappa shape index (κ1) is 65.3. The maximum absolute atomic E-state index is 15.0. The van der Waals surface area contributed by atoms with Crippen LogP contribution in [0, 0.1) is 32.6 Å². The average molecular weight is 1240 g/mol. The van der Waals surface area contributed by atoms with Crippen molar-refractivity contribution in [1.29, 1.82) is 0 Å². The number of amides is 2. The number of carbonyl (C=O) groups excluding carboxylic acids is 4. The zero-order valence-electron chi connectivity index (χ0n) is 52.4. The normalized spacial score (nSPS) is 15.2. The average Bonchev–Trinajstić information content (AvgIpc) is 1.64. The van der Waals surface area contributed by atoms with Crippen molar-refractivity contribution in [3.8, 4) is 0 Å². The van der Waals surface area contributed by atoms with E-state index < -0.39 is 65.8 Å². The minimum Gasteiger partial charge on any atom is -0.480 e. The molecule has 476 valence electrons. The van der Waals surface area contributed by atoms with Crippen LogP contribution in [-0.2, 0) is 48.0 Å². The number of carboxylic acid groups (broad SMARTS) is 2. The zero-order chi connectivity index (χ0) is 65.4. The lowest BCUT2D eigenvalue weighted by Gasteiger charge is -2.25. The molecule has 5 aromatic heterocycles. The number of carboxylic acids is 2. The minimum absolute atomic E-state index is 0.00301. The van der Waals surface area contributed by atoms with E-state index >= 15 is 0 Å². The maximum atomic E-state index is 15.0. The lowest BCUT2D eigenvalue weighted by atomic mass is 9.83. The summed E-state index contributed by atoms with van der Waals surface area (Å²) in [6.07, 6.45) is 6.39. The third-order valence-corrected chi connectivity index (χ3v) is 18.0. The van der Waals surface area contributed by atoms with Gasteiger partial charge in [0.05, 0.1) is 23.0 Å². The second kappa shape index (κ2) is 28.6. The molecule has 0 spiro atoms. The molecule has 0 unspecified atom stereocenters. The van der Waals surface area contributed by atoms with Crippen LogP contribution in [0.15, 0.2) is 95.7 Å². The van der Waals surface area contributed by atoms with Gasteiger partial charge >= 0.3 is 11.9 Å². The second-order valence-corrected chi connectivity index (χ2v) is 24.0. The number of hydrogen-bond acceptors (Lipinski definition) is 10. The number of ketones is 2. The van der Waals surface area contributed by atoms with Crippen molar-refractivity contribution >= 4 is 108 Å². The largest absolute Gasteiger partial charge is 0.480 e. The van der Waals surface area contributed by atoms with Crippen LogP contribution in [-0.4, -0.2) is 113 Å². The number of aromatic amines is 4. The number of hydrogen-bond donors (Lipinski definition) is 12. The molecule has 91 heavy (non-hydrogen) atoms. The Kier molecular flexibility index (Phi) is 20.5. The number of aliphatic imine (C=N–C) groups is 2.